The van der Waals surface area contributed by atoms with E-state index in [0.29, 0.717) is 13.1 Å². The molecule has 3 heterocycles. The third kappa shape index (κ3) is 2.52. The number of benzene rings is 1. The number of carbonyl (C=O) groups is 2. The summed E-state index contributed by atoms with van der Waals surface area (Å²) in [6, 6.07) is 8.10. The van der Waals surface area contributed by atoms with Crippen LogP contribution in [0.4, 0.5) is 0 Å². The van der Waals surface area contributed by atoms with Gasteiger partial charge in [0.05, 0.1) is 5.41 Å². The minimum Gasteiger partial charge on any atom is -0.351 e. The number of rotatable bonds is 2. The van der Waals surface area contributed by atoms with Crippen molar-refractivity contribution < 1.29 is 9.59 Å². The van der Waals surface area contributed by atoms with Gasteiger partial charge in [0.2, 0.25) is 5.91 Å². The molecule has 2 fully saturated rings. The van der Waals surface area contributed by atoms with E-state index in [-0.39, 0.29) is 23.3 Å². The molecule has 0 N–H and O–H groups in total. The van der Waals surface area contributed by atoms with Crippen LogP contribution in [0.2, 0.25) is 0 Å². The van der Waals surface area contributed by atoms with Gasteiger partial charge in [-0.1, -0.05) is 6.07 Å². The number of aromatic nitrogens is 1. The number of hydrogen-bond donors (Lipinski definition) is 0. The van der Waals surface area contributed by atoms with E-state index in [1.165, 1.54) is 0 Å². The van der Waals surface area contributed by atoms with Crippen molar-refractivity contribution in [1.82, 2.24) is 14.4 Å². The van der Waals surface area contributed by atoms with Gasteiger partial charge in [-0.2, -0.15) is 0 Å². The predicted molar refractivity (Wildman–Crippen MR) is 102 cm³/mol. The van der Waals surface area contributed by atoms with Crippen LogP contribution in [-0.4, -0.2) is 51.9 Å². The molecule has 0 bridgehead atoms. The number of piperidine rings is 1. The molecule has 5 nitrogen and oxygen atoms in total. The Bertz CT molecular complexity index is 869. The topological polar surface area (TPSA) is 45.5 Å². The van der Waals surface area contributed by atoms with Gasteiger partial charge in [0.15, 0.2) is 0 Å². The Kier molecular flexibility index (Phi) is 4.05. The summed E-state index contributed by atoms with van der Waals surface area (Å²) < 4.78 is 2.03. The molecule has 1 atom stereocenters. The molecule has 2 amide bonds. The van der Waals surface area contributed by atoms with E-state index in [4.69, 9.17) is 0 Å². The molecule has 0 radical (unpaired) electrons. The van der Waals surface area contributed by atoms with E-state index in [2.05, 4.69) is 13.8 Å². The molecule has 2 aliphatic heterocycles. The number of fused-ring (bicyclic) bond motifs is 1. The lowest BCUT2D eigenvalue weighted by Crippen LogP contribution is -2.52. The van der Waals surface area contributed by atoms with Crippen LogP contribution in [0, 0.1) is 5.41 Å². The maximum atomic E-state index is 13.2. The van der Waals surface area contributed by atoms with Crippen LogP contribution in [0.5, 0.6) is 0 Å². The van der Waals surface area contributed by atoms with Crippen LogP contribution >= 0.6 is 0 Å². The molecule has 0 aliphatic carbocycles. The first-order valence-corrected chi connectivity index (χ1v) is 9.57. The second-order valence-corrected chi connectivity index (χ2v) is 8.12. The fourth-order valence-electron chi connectivity index (χ4n) is 4.68. The van der Waals surface area contributed by atoms with Crippen molar-refractivity contribution >= 4 is 22.7 Å². The van der Waals surface area contributed by atoms with Gasteiger partial charge in [0, 0.05) is 55.4 Å². The van der Waals surface area contributed by atoms with Gasteiger partial charge in [-0.3, -0.25) is 9.59 Å². The number of likely N-dealkylation sites (tertiary alicyclic amines) is 2. The van der Waals surface area contributed by atoms with Crippen LogP contribution in [0.3, 0.4) is 0 Å². The Hall–Kier alpha value is -2.30. The van der Waals surface area contributed by atoms with Crippen molar-refractivity contribution in [3.8, 4) is 0 Å². The largest absolute Gasteiger partial charge is 0.351 e. The molecule has 138 valence electrons. The summed E-state index contributed by atoms with van der Waals surface area (Å²) >= 11 is 0. The minimum absolute atomic E-state index is 0.0492. The lowest BCUT2D eigenvalue weighted by Gasteiger charge is -2.41. The Balaban J connectivity index is 1.60. The lowest BCUT2D eigenvalue weighted by molar-refractivity contribution is -0.147. The van der Waals surface area contributed by atoms with E-state index in [1.54, 1.807) is 0 Å². The first kappa shape index (κ1) is 17.1. The van der Waals surface area contributed by atoms with Crippen LogP contribution in [0.15, 0.2) is 30.5 Å². The van der Waals surface area contributed by atoms with E-state index >= 15 is 0 Å². The molecular weight excluding hydrogens is 326 g/mol. The maximum Gasteiger partial charge on any atom is 0.254 e. The van der Waals surface area contributed by atoms with Crippen molar-refractivity contribution in [3.05, 3.63) is 36.0 Å². The standard InChI is InChI=1S/C21H27N3O2/c1-15(2)24-11-5-9-21(20(24)26)10-13-23(14-21)19(25)17-6-4-7-18-16(17)8-12-22(18)3/h4,6-8,12,15H,5,9-11,13-14H2,1-3H3/t21-/m1/s1. The predicted octanol–water partition coefficient (Wildman–Crippen LogP) is 3.04. The Morgan fingerprint density at radius 3 is 2.73 bits per heavy atom. The van der Waals surface area contributed by atoms with Crippen LogP contribution in [0.25, 0.3) is 10.9 Å². The third-order valence-electron chi connectivity index (χ3n) is 6.19. The summed E-state index contributed by atoms with van der Waals surface area (Å²) in [6.07, 6.45) is 4.69. The van der Waals surface area contributed by atoms with Crippen molar-refractivity contribution in [2.24, 2.45) is 12.5 Å². The summed E-state index contributed by atoms with van der Waals surface area (Å²) in [5.74, 6) is 0.292. The van der Waals surface area contributed by atoms with Crippen LogP contribution in [0.1, 0.15) is 43.5 Å². The number of nitrogens with zero attached hydrogens (tertiary/aromatic N) is 3. The molecule has 1 aromatic carbocycles. The molecule has 0 unspecified atom stereocenters. The van der Waals surface area contributed by atoms with Crippen molar-refractivity contribution in [3.63, 3.8) is 0 Å². The average molecular weight is 353 g/mol. The van der Waals surface area contributed by atoms with Crippen LogP contribution in [-0.2, 0) is 11.8 Å². The smallest absolute Gasteiger partial charge is 0.254 e. The van der Waals surface area contributed by atoms with Gasteiger partial charge in [-0.05, 0) is 51.3 Å². The zero-order chi connectivity index (χ0) is 18.5. The van der Waals surface area contributed by atoms with Gasteiger partial charge in [0.1, 0.15) is 0 Å². The highest BCUT2D eigenvalue weighted by molar-refractivity contribution is 6.07. The summed E-state index contributed by atoms with van der Waals surface area (Å²) in [7, 11) is 1.99. The number of carbonyl (C=O) groups excluding carboxylic acids is 2. The van der Waals surface area contributed by atoms with Crippen molar-refractivity contribution in [1.29, 1.82) is 0 Å². The maximum absolute atomic E-state index is 13.2. The van der Waals surface area contributed by atoms with E-state index in [0.717, 1.165) is 42.3 Å². The van der Waals surface area contributed by atoms with Gasteiger partial charge in [-0.25, -0.2) is 0 Å². The van der Waals surface area contributed by atoms with Gasteiger partial charge in [-0.15, -0.1) is 0 Å². The first-order chi connectivity index (χ1) is 12.4. The molecule has 0 saturated carbocycles. The van der Waals surface area contributed by atoms with Crippen LogP contribution < -0.4 is 0 Å². The monoisotopic (exact) mass is 353 g/mol. The molecule has 4 rings (SSSR count). The Labute approximate surface area is 154 Å². The molecule has 2 saturated heterocycles. The van der Waals surface area contributed by atoms with Crippen molar-refractivity contribution in [2.75, 3.05) is 19.6 Å². The zero-order valence-electron chi connectivity index (χ0n) is 15.9. The summed E-state index contributed by atoms with van der Waals surface area (Å²) in [5.41, 5.74) is 1.43. The summed E-state index contributed by atoms with van der Waals surface area (Å²) in [4.78, 5) is 30.2. The molecule has 1 spiro atoms. The van der Waals surface area contributed by atoms with Gasteiger partial charge in [0.25, 0.3) is 5.91 Å². The SMILES string of the molecule is CC(C)N1CCC[C@]2(CCN(C(=O)c3cccc4c3ccn4C)C2)C1=O. The van der Waals surface area contributed by atoms with E-state index in [1.807, 2.05) is 51.9 Å². The van der Waals surface area contributed by atoms with E-state index in [9.17, 15) is 9.59 Å². The second-order valence-electron chi connectivity index (χ2n) is 8.12. The normalized spacial score (nSPS) is 23.6. The molecule has 2 aliphatic rings. The molecular formula is C21H27N3O2. The zero-order valence-corrected chi connectivity index (χ0v) is 15.9. The number of amides is 2. The number of aryl methyl sites for hydroxylation is 1. The average Bonchev–Trinajstić information content (AvgIpc) is 3.22. The van der Waals surface area contributed by atoms with Crippen molar-refractivity contribution in [2.45, 2.75) is 39.2 Å². The molecule has 26 heavy (non-hydrogen) atoms. The highest BCUT2D eigenvalue weighted by atomic mass is 16.2. The summed E-state index contributed by atoms with van der Waals surface area (Å²) in [6.45, 7) is 6.21. The molecule has 2 aromatic rings. The lowest BCUT2D eigenvalue weighted by atomic mass is 9.78. The summed E-state index contributed by atoms with van der Waals surface area (Å²) in [5, 5.41) is 0.986. The van der Waals surface area contributed by atoms with E-state index < -0.39 is 0 Å². The van der Waals surface area contributed by atoms with Gasteiger partial charge >= 0.3 is 0 Å². The number of hydrogen-bond acceptors (Lipinski definition) is 2. The first-order valence-electron chi connectivity index (χ1n) is 9.57. The highest BCUT2D eigenvalue weighted by Crippen LogP contribution is 2.41. The minimum atomic E-state index is -0.372. The second kappa shape index (κ2) is 6.15. The Morgan fingerprint density at radius 2 is 1.96 bits per heavy atom. The molecule has 1 aromatic heterocycles. The highest BCUT2D eigenvalue weighted by Gasteiger charge is 2.49. The fraction of sp³-hybridized carbons (Fsp3) is 0.524. The molecule has 5 heteroatoms. The third-order valence-corrected chi connectivity index (χ3v) is 6.19. The fourth-order valence-corrected chi connectivity index (χ4v) is 4.68. The quantitative estimate of drug-likeness (QED) is 0.833. The van der Waals surface area contributed by atoms with Gasteiger partial charge < -0.3 is 14.4 Å². The Morgan fingerprint density at radius 1 is 1.15 bits per heavy atom.